The van der Waals surface area contributed by atoms with Crippen LogP contribution in [0, 0.1) is 11.6 Å². The molecule has 0 spiro atoms. The molecular formula is C27H24F5N7O2S. The van der Waals surface area contributed by atoms with Gasteiger partial charge in [-0.2, -0.15) is 18.2 Å². The van der Waals surface area contributed by atoms with Crippen molar-refractivity contribution in [1.29, 1.82) is 0 Å². The number of carbonyl (C=O) groups excluding carboxylic acids is 1. The van der Waals surface area contributed by atoms with Crippen molar-refractivity contribution in [1.82, 2.24) is 9.97 Å². The number of halogens is 5. The Morgan fingerprint density at radius 2 is 1.69 bits per heavy atom. The zero-order valence-corrected chi connectivity index (χ0v) is 22.9. The van der Waals surface area contributed by atoms with Gasteiger partial charge in [-0.25, -0.2) is 22.8 Å². The lowest BCUT2D eigenvalue weighted by Gasteiger charge is -2.18. The molecule has 220 valence electrons. The standard InChI is InChI=1S/C27H24F5N7O2S/c1-39(2)24-19(14-34-25(38-24)35-17-5-4-6-18(13-17)42(3,33)41)15-7-10-22(21(29)11-15)36-26(40)37-23-12-16(27(30,31)32)8-9-20(23)28/h4-14H,3H2,1-2H3,(H2,33,41)(H,34,35,38)(H2,36,37,40). The average molecular weight is 606 g/mol. The number of nitrogens with two attached hydrogens (primary N) is 1. The molecule has 2 amide bonds. The number of hydrogen-bond donors (Lipinski definition) is 4. The lowest BCUT2D eigenvalue weighted by molar-refractivity contribution is -0.137. The second-order valence-electron chi connectivity index (χ2n) is 9.17. The number of amides is 2. The topological polar surface area (TPSA) is 125 Å². The summed E-state index contributed by atoms with van der Waals surface area (Å²) in [5.41, 5.74) is -0.909. The van der Waals surface area contributed by atoms with Crippen molar-refractivity contribution < 1.29 is 31.0 Å². The summed E-state index contributed by atoms with van der Waals surface area (Å²) in [6.07, 6.45) is -3.30. The minimum atomic E-state index is -4.75. The lowest BCUT2D eigenvalue weighted by Crippen LogP contribution is -2.21. The van der Waals surface area contributed by atoms with Gasteiger partial charge in [0.1, 0.15) is 17.5 Å². The third kappa shape index (κ3) is 7.11. The van der Waals surface area contributed by atoms with Crippen LogP contribution in [0.4, 0.5) is 55.6 Å². The summed E-state index contributed by atoms with van der Waals surface area (Å²) in [4.78, 5) is 23.1. The SMILES string of the molecule is C=S(N)(=O)c1cccc(Nc2ncc(-c3ccc(NC(=O)Nc4cc(C(F)(F)F)ccc4F)c(F)c3)c(N(C)C)n2)c1. The molecule has 1 heterocycles. The molecule has 0 bridgehead atoms. The van der Waals surface area contributed by atoms with Crippen LogP contribution in [0.15, 0.2) is 71.8 Å². The molecule has 15 heteroatoms. The minimum Gasteiger partial charge on any atom is -0.362 e. The Labute approximate surface area is 237 Å². The Kier molecular flexibility index (Phi) is 8.35. The average Bonchev–Trinajstić information content (AvgIpc) is 2.90. The zero-order valence-electron chi connectivity index (χ0n) is 22.1. The number of urea groups is 1. The van der Waals surface area contributed by atoms with Crippen LogP contribution in [-0.4, -0.2) is 40.2 Å². The van der Waals surface area contributed by atoms with E-state index in [1.807, 2.05) is 5.32 Å². The Bertz CT molecular complexity index is 1760. The minimum absolute atomic E-state index is 0.185. The molecule has 0 fully saturated rings. The molecule has 0 aliphatic rings. The largest absolute Gasteiger partial charge is 0.416 e. The van der Waals surface area contributed by atoms with Crippen LogP contribution in [0.25, 0.3) is 11.1 Å². The van der Waals surface area contributed by atoms with Gasteiger partial charge in [0, 0.05) is 36.4 Å². The molecule has 9 nitrogen and oxygen atoms in total. The van der Waals surface area contributed by atoms with Crippen molar-refractivity contribution in [2.24, 2.45) is 5.14 Å². The molecule has 0 aliphatic heterocycles. The number of anilines is 5. The summed E-state index contributed by atoms with van der Waals surface area (Å²) >= 11 is 0. The number of rotatable bonds is 7. The first kappa shape index (κ1) is 30.2. The molecule has 1 aromatic heterocycles. The molecule has 3 aromatic carbocycles. The van der Waals surface area contributed by atoms with Crippen LogP contribution in [0.1, 0.15) is 5.56 Å². The van der Waals surface area contributed by atoms with Gasteiger partial charge in [-0.1, -0.05) is 12.1 Å². The van der Waals surface area contributed by atoms with Crippen molar-refractivity contribution in [2.45, 2.75) is 11.1 Å². The van der Waals surface area contributed by atoms with Crippen LogP contribution in [0.5, 0.6) is 0 Å². The highest BCUT2D eigenvalue weighted by Crippen LogP contribution is 2.33. The van der Waals surface area contributed by atoms with E-state index in [4.69, 9.17) is 5.14 Å². The van der Waals surface area contributed by atoms with Crippen LogP contribution < -0.4 is 26.0 Å². The van der Waals surface area contributed by atoms with Gasteiger partial charge in [0.2, 0.25) is 5.95 Å². The highest BCUT2D eigenvalue weighted by atomic mass is 32.2. The van der Waals surface area contributed by atoms with E-state index < -0.39 is 44.8 Å². The highest BCUT2D eigenvalue weighted by Gasteiger charge is 2.31. The maximum atomic E-state index is 15.0. The molecule has 4 aromatic rings. The number of benzene rings is 3. The molecule has 1 unspecified atom stereocenters. The van der Waals surface area contributed by atoms with Gasteiger partial charge in [0.25, 0.3) is 0 Å². The van der Waals surface area contributed by atoms with E-state index in [9.17, 15) is 31.0 Å². The number of hydrogen-bond acceptors (Lipinski definition) is 6. The van der Waals surface area contributed by atoms with E-state index in [0.29, 0.717) is 45.7 Å². The first-order valence-corrected chi connectivity index (χ1v) is 13.7. The van der Waals surface area contributed by atoms with Crippen molar-refractivity contribution in [3.63, 3.8) is 0 Å². The van der Waals surface area contributed by atoms with Crippen LogP contribution in [-0.2, 0) is 15.9 Å². The smallest absolute Gasteiger partial charge is 0.362 e. The van der Waals surface area contributed by atoms with Gasteiger partial charge in [-0.3, -0.25) is 5.14 Å². The fourth-order valence-corrected chi connectivity index (χ4v) is 4.39. The maximum Gasteiger partial charge on any atom is 0.416 e. The summed E-state index contributed by atoms with van der Waals surface area (Å²) in [6.45, 7) is 0. The Hall–Kier alpha value is -4.76. The van der Waals surface area contributed by atoms with Crippen molar-refractivity contribution in [2.75, 3.05) is 34.9 Å². The summed E-state index contributed by atoms with van der Waals surface area (Å²) in [7, 11) is 0.494. The molecule has 5 N–H and O–H groups in total. The molecule has 0 aliphatic carbocycles. The van der Waals surface area contributed by atoms with Gasteiger partial charge < -0.3 is 20.9 Å². The summed E-state index contributed by atoms with van der Waals surface area (Å²) in [5.74, 6) is 2.07. The van der Waals surface area contributed by atoms with Crippen LogP contribution >= 0.6 is 0 Å². The van der Waals surface area contributed by atoms with Crippen LogP contribution in [0.2, 0.25) is 0 Å². The van der Waals surface area contributed by atoms with Crippen LogP contribution in [0.3, 0.4) is 0 Å². The third-order valence-electron chi connectivity index (χ3n) is 5.75. The van der Waals surface area contributed by atoms with Crippen molar-refractivity contribution >= 4 is 50.4 Å². The second-order valence-corrected chi connectivity index (χ2v) is 11.1. The van der Waals surface area contributed by atoms with E-state index in [-0.39, 0.29) is 11.6 Å². The first-order chi connectivity index (χ1) is 19.6. The number of aromatic nitrogens is 2. The number of nitrogens with zero attached hydrogens (tertiary/aromatic N) is 3. The maximum absolute atomic E-state index is 15.0. The van der Waals surface area contributed by atoms with Gasteiger partial charge >= 0.3 is 12.2 Å². The normalized spacial score (nSPS) is 12.8. The molecule has 0 saturated carbocycles. The predicted molar refractivity (Wildman–Crippen MR) is 153 cm³/mol. The fourth-order valence-electron chi connectivity index (χ4n) is 3.75. The first-order valence-electron chi connectivity index (χ1n) is 11.9. The number of nitrogens with one attached hydrogen (secondary N) is 3. The molecule has 0 radical (unpaired) electrons. The zero-order chi connectivity index (χ0) is 30.8. The molecule has 42 heavy (non-hydrogen) atoms. The number of carbonyl (C=O) groups is 1. The van der Waals surface area contributed by atoms with E-state index in [1.165, 1.54) is 18.3 Å². The Balaban J connectivity index is 1.54. The summed E-state index contributed by atoms with van der Waals surface area (Å²) in [5, 5.41) is 12.7. The van der Waals surface area contributed by atoms with Gasteiger partial charge in [0.15, 0.2) is 0 Å². The number of alkyl halides is 3. The molecule has 1 atom stereocenters. The summed E-state index contributed by atoms with van der Waals surface area (Å²) in [6, 6.07) is 10.7. The van der Waals surface area contributed by atoms with Gasteiger partial charge in [-0.05, 0) is 60.0 Å². The van der Waals surface area contributed by atoms with E-state index >= 15 is 0 Å². The Morgan fingerprint density at radius 1 is 0.976 bits per heavy atom. The van der Waals surface area contributed by atoms with Gasteiger partial charge in [-0.15, -0.1) is 0 Å². The van der Waals surface area contributed by atoms with E-state index in [2.05, 4.69) is 26.5 Å². The van der Waals surface area contributed by atoms with E-state index in [0.717, 1.165) is 6.07 Å². The van der Waals surface area contributed by atoms with Crippen molar-refractivity contribution in [3.8, 4) is 11.1 Å². The quantitative estimate of drug-likeness (QED) is 0.155. The van der Waals surface area contributed by atoms with E-state index in [1.54, 1.807) is 43.3 Å². The van der Waals surface area contributed by atoms with Crippen molar-refractivity contribution in [3.05, 3.63) is 84.1 Å². The Morgan fingerprint density at radius 3 is 2.33 bits per heavy atom. The van der Waals surface area contributed by atoms with Gasteiger partial charge in [0.05, 0.1) is 26.6 Å². The monoisotopic (exact) mass is 605 g/mol. The molecular weight excluding hydrogens is 581 g/mol. The predicted octanol–water partition coefficient (Wildman–Crippen LogP) is 5.84. The fraction of sp³-hybridized carbons (Fsp3) is 0.111. The highest BCUT2D eigenvalue weighted by molar-refractivity contribution is 7.98. The third-order valence-corrected chi connectivity index (χ3v) is 6.80. The second kappa shape index (κ2) is 11.6. The molecule has 4 rings (SSSR count). The lowest BCUT2D eigenvalue weighted by atomic mass is 10.1. The molecule has 0 saturated heterocycles. The summed E-state index contributed by atoms with van der Waals surface area (Å²) < 4.78 is 79.9.